The molecule has 0 bridgehead atoms. The van der Waals surface area contributed by atoms with Gasteiger partial charge in [-0.3, -0.25) is 4.79 Å². The fourth-order valence-corrected chi connectivity index (χ4v) is 4.51. The summed E-state index contributed by atoms with van der Waals surface area (Å²) < 4.78 is 11.8. The average Bonchev–Trinajstić information content (AvgIpc) is 2.67. The minimum Gasteiger partial charge on any atom is -0.480 e. The van der Waals surface area contributed by atoms with E-state index in [9.17, 15) is 14.9 Å². The van der Waals surface area contributed by atoms with Crippen molar-refractivity contribution in [2.45, 2.75) is 6.92 Å². The molecule has 0 radical (unpaired) electrons. The number of halogens is 3. The number of rotatable bonds is 7. The molecule has 0 aliphatic carbocycles. The van der Waals surface area contributed by atoms with E-state index in [1.54, 1.807) is 43.3 Å². The van der Waals surface area contributed by atoms with E-state index in [0.29, 0.717) is 22.0 Å². The molecule has 0 aliphatic heterocycles. The molecule has 0 fully saturated rings. The van der Waals surface area contributed by atoms with Crippen LogP contribution in [0, 0.1) is 18.5 Å². The molecule has 0 spiro atoms. The van der Waals surface area contributed by atoms with Crippen LogP contribution in [0.2, 0.25) is 5.02 Å². The number of nitriles is 1. The standard InChI is InChI=1S/C20H15ClI2N2O4/c1-2-28-18(26)11-29-19-15(22)8-12(9-16(19)23)7-13(10-24)20(27)25-17-6-4-3-5-14(17)21/h3-9H,2,11H2,1H3,(H,25,27)/b13-7+. The van der Waals surface area contributed by atoms with Gasteiger partial charge in [-0.2, -0.15) is 5.26 Å². The molecule has 9 heteroatoms. The first-order chi connectivity index (χ1) is 13.8. The van der Waals surface area contributed by atoms with Crippen molar-refractivity contribution in [2.75, 3.05) is 18.5 Å². The van der Waals surface area contributed by atoms with Crippen molar-refractivity contribution in [3.63, 3.8) is 0 Å². The lowest BCUT2D eigenvalue weighted by atomic mass is 10.1. The van der Waals surface area contributed by atoms with Crippen LogP contribution in [-0.2, 0) is 14.3 Å². The van der Waals surface area contributed by atoms with Crippen molar-refractivity contribution < 1.29 is 19.1 Å². The number of benzene rings is 2. The van der Waals surface area contributed by atoms with Crippen LogP contribution in [0.25, 0.3) is 6.08 Å². The Morgan fingerprint density at radius 3 is 2.48 bits per heavy atom. The number of ether oxygens (including phenoxy) is 2. The summed E-state index contributed by atoms with van der Waals surface area (Å²) in [6.45, 7) is 1.81. The average molecular weight is 637 g/mol. The van der Waals surface area contributed by atoms with Crippen LogP contribution >= 0.6 is 56.8 Å². The van der Waals surface area contributed by atoms with Crippen molar-refractivity contribution in [1.82, 2.24) is 0 Å². The number of para-hydroxylation sites is 1. The van der Waals surface area contributed by atoms with Gasteiger partial charge in [0.15, 0.2) is 6.61 Å². The quantitative estimate of drug-likeness (QED) is 0.199. The van der Waals surface area contributed by atoms with Gasteiger partial charge >= 0.3 is 5.97 Å². The molecule has 0 saturated heterocycles. The van der Waals surface area contributed by atoms with Gasteiger partial charge < -0.3 is 14.8 Å². The summed E-state index contributed by atoms with van der Waals surface area (Å²) in [6.07, 6.45) is 1.48. The number of hydrogen-bond acceptors (Lipinski definition) is 5. The first-order valence-electron chi connectivity index (χ1n) is 8.30. The fraction of sp³-hybridized carbons (Fsp3) is 0.150. The minimum atomic E-state index is -0.562. The van der Waals surface area contributed by atoms with Crippen molar-refractivity contribution in [3.05, 3.63) is 59.7 Å². The number of carbonyl (C=O) groups excluding carboxylic acids is 2. The van der Waals surface area contributed by atoms with Crippen molar-refractivity contribution in [2.24, 2.45) is 0 Å². The van der Waals surface area contributed by atoms with E-state index in [1.807, 2.05) is 6.07 Å². The van der Waals surface area contributed by atoms with Crippen molar-refractivity contribution >= 4 is 80.4 Å². The summed E-state index contributed by atoms with van der Waals surface area (Å²) in [5.74, 6) is -0.477. The summed E-state index contributed by atoms with van der Waals surface area (Å²) in [4.78, 5) is 23.9. The zero-order valence-corrected chi connectivity index (χ0v) is 20.2. The van der Waals surface area contributed by atoms with Crippen LogP contribution in [0.5, 0.6) is 5.75 Å². The largest absolute Gasteiger partial charge is 0.480 e. The van der Waals surface area contributed by atoms with Gasteiger partial charge in [-0.15, -0.1) is 0 Å². The molecular formula is C20H15ClI2N2O4. The maximum absolute atomic E-state index is 12.4. The first-order valence-corrected chi connectivity index (χ1v) is 10.8. The molecule has 2 aromatic carbocycles. The Morgan fingerprint density at radius 2 is 1.90 bits per heavy atom. The Labute approximate surface area is 200 Å². The molecule has 2 rings (SSSR count). The molecule has 0 aromatic heterocycles. The number of amides is 1. The molecule has 0 aliphatic rings. The maximum atomic E-state index is 12.4. The van der Waals surface area contributed by atoms with Gasteiger partial charge in [0.2, 0.25) is 0 Å². The van der Waals surface area contributed by atoms with Gasteiger partial charge in [0.25, 0.3) is 5.91 Å². The Morgan fingerprint density at radius 1 is 1.24 bits per heavy atom. The van der Waals surface area contributed by atoms with Crippen LogP contribution in [0.3, 0.4) is 0 Å². The highest BCUT2D eigenvalue weighted by Gasteiger charge is 2.14. The fourth-order valence-electron chi connectivity index (χ4n) is 2.20. The van der Waals surface area contributed by atoms with Gasteiger partial charge in [0.1, 0.15) is 17.4 Å². The van der Waals surface area contributed by atoms with Gasteiger partial charge in [-0.05, 0) is 88.0 Å². The second-order valence-electron chi connectivity index (χ2n) is 5.51. The zero-order valence-electron chi connectivity index (χ0n) is 15.2. The summed E-state index contributed by atoms with van der Waals surface area (Å²) >= 11 is 10.2. The van der Waals surface area contributed by atoms with Gasteiger partial charge in [-0.1, -0.05) is 23.7 Å². The lowest BCUT2D eigenvalue weighted by molar-refractivity contribution is -0.145. The van der Waals surface area contributed by atoms with Crippen LogP contribution in [-0.4, -0.2) is 25.1 Å². The predicted molar refractivity (Wildman–Crippen MR) is 128 cm³/mol. The van der Waals surface area contributed by atoms with E-state index < -0.39 is 11.9 Å². The highest BCUT2D eigenvalue weighted by atomic mass is 127. The third kappa shape index (κ3) is 6.87. The summed E-state index contributed by atoms with van der Waals surface area (Å²) in [7, 11) is 0. The molecule has 1 N–H and O–H groups in total. The molecule has 29 heavy (non-hydrogen) atoms. The van der Waals surface area contributed by atoms with E-state index in [4.69, 9.17) is 21.1 Å². The van der Waals surface area contributed by atoms with Crippen LogP contribution in [0.15, 0.2) is 42.0 Å². The highest BCUT2D eigenvalue weighted by Crippen LogP contribution is 2.30. The number of hydrogen-bond donors (Lipinski definition) is 1. The SMILES string of the molecule is CCOC(=O)COc1c(I)cc(/C=C(\C#N)C(=O)Nc2ccccc2Cl)cc1I. The number of esters is 1. The summed E-state index contributed by atoms with van der Waals surface area (Å²) in [5, 5.41) is 12.4. The summed E-state index contributed by atoms with van der Waals surface area (Å²) in [6, 6.07) is 12.2. The number of anilines is 1. The number of carbonyl (C=O) groups is 2. The second kappa shape index (κ2) is 11.4. The second-order valence-corrected chi connectivity index (χ2v) is 8.24. The Bertz CT molecular complexity index is 979. The molecule has 1 amide bonds. The molecule has 150 valence electrons. The van der Waals surface area contributed by atoms with Crippen molar-refractivity contribution in [3.8, 4) is 11.8 Å². The smallest absolute Gasteiger partial charge is 0.344 e. The first kappa shape index (κ1) is 23.4. The molecule has 0 heterocycles. The molecule has 2 aromatic rings. The summed E-state index contributed by atoms with van der Waals surface area (Å²) in [5.41, 5.74) is 0.997. The van der Waals surface area contributed by atoms with Crippen molar-refractivity contribution in [1.29, 1.82) is 5.26 Å². The maximum Gasteiger partial charge on any atom is 0.344 e. The highest BCUT2D eigenvalue weighted by molar-refractivity contribution is 14.1. The van der Waals surface area contributed by atoms with E-state index >= 15 is 0 Å². The Kier molecular flexibility index (Phi) is 9.19. The predicted octanol–water partition coefficient (Wildman–Crippen LogP) is 5.04. The van der Waals surface area contributed by atoms with Crippen LogP contribution < -0.4 is 10.1 Å². The molecule has 6 nitrogen and oxygen atoms in total. The zero-order chi connectivity index (χ0) is 21.4. The molecule has 0 unspecified atom stereocenters. The van der Waals surface area contributed by atoms with E-state index in [1.165, 1.54) is 6.08 Å². The minimum absolute atomic E-state index is 0.0725. The Balaban J connectivity index is 2.21. The Hall–Kier alpha value is -1.84. The van der Waals surface area contributed by atoms with Gasteiger partial charge in [0, 0.05) is 0 Å². The topological polar surface area (TPSA) is 88.4 Å². The molecule has 0 atom stereocenters. The van der Waals surface area contributed by atoms with Gasteiger partial charge in [0.05, 0.1) is 24.5 Å². The monoisotopic (exact) mass is 636 g/mol. The van der Waals surface area contributed by atoms with E-state index in [2.05, 4.69) is 50.5 Å². The van der Waals surface area contributed by atoms with Crippen LogP contribution in [0.4, 0.5) is 5.69 Å². The lowest BCUT2D eigenvalue weighted by Gasteiger charge is -2.11. The number of nitrogens with one attached hydrogen (secondary N) is 1. The van der Waals surface area contributed by atoms with E-state index in [0.717, 1.165) is 7.14 Å². The third-order valence-corrected chi connectivity index (χ3v) is 5.39. The van der Waals surface area contributed by atoms with E-state index in [-0.39, 0.29) is 18.8 Å². The molecular weight excluding hydrogens is 621 g/mol. The van der Waals surface area contributed by atoms with Gasteiger partial charge in [-0.25, -0.2) is 4.79 Å². The third-order valence-electron chi connectivity index (χ3n) is 3.46. The van der Waals surface area contributed by atoms with Crippen LogP contribution in [0.1, 0.15) is 12.5 Å². The lowest BCUT2D eigenvalue weighted by Crippen LogP contribution is -2.15. The normalized spacial score (nSPS) is 10.8. The molecule has 0 saturated carbocycles. The number of nitrogens with zero attached hydrogens (tertiary/aromatic N) is 1.